The van der Waals surface area contributed by atoms with Crippen LogP contribution in [0.1, 0.15) is 40.0 Å². The summed E-state index contributed by atoms with van der Waals surface area (Å²) >= 11 is 0. The second-order valence-electron chi connectivity index (χ2n) is 5.19. The number of piperidine rings is 1. The fourth-order valence-corrected chi connectivity index (χ4v) is 4.19. The van der Waals surface area contributed by atoms with Crippen LogP contribution in [-0.2, 0) is 10.0 Å². The Bertz CT molecular complexity index is 308. The maximum Gasteiger partial charge on any atom is 0.214 e. The van der Waals surface area contributed by atoms with E-state index in [2.05, 4.69) is 5.32 Å². The first kappa shape index (κ1) is 14.9. The number of hydrogen-bond donors (Lipinski definition) is 1. The van der Waals surface area contributed by atoms with Crippen molar-refractivity contribution < 1.29 is 8.42 Å². The zero-order chi connectivity index (χ0) is 12.9. The van der Waals surface area contributed by atoms with E-state index < -0.39 is 10.0 Å². The first-order valence-electron chi connectivity index (χ1n) is 6.67. The van der Waals surface area contributed by atoms with E-state index in [4.69, 9.17) is 0 Å². The van der Waals surface area contributed by atoms with Gasteiger partial charge in [0.1, 0.15) is 0 Å². The summed E-state index contributed by atoms with van der Waals surface area (Å²) < 4.78 is 26.0. The first-order valence-corrected chi connectivity index (χ1v) is 8.28. The fourth-order valence-electron chi connectivity index (χ4n) is 2.36. The smallest absolute Gasteiger partial charge is 0.214 e. The summed E-state index contributed by atoms with van der Waals surface area (Å²) in [5.74, 6) is 0.739. The van der Waals surface area contributed by atoms with Gasteiger partial charge in [0.2, 0.25) is 10.0 Å². The Morgan fingerprint density at radius 1 is 1.41 bits per heavy atom. The molecule has 1 N–H and O–H groups in total. The van der Waals surface area contributed by atoms with Gasteiger partial charge in [0.15, 0.2) is 0 Å². The van der Waals surface area contributed by atoms with Crippen molar-refractivity contribution in [3.63, 3.8) is 0 Å². The predicted molar refractivity (Wildman–Crippen MR) is 71.5 cm³/mol. The molecule has 0 aromatic rings. The van der Waals surface area contributed by atoms with Crippen molar-refractivity contribution in [2.75, 3.05) is 25.4 Å². The topological polar surface area (TPSA) is 49.4 Å². The number of nitrogens with one attached hydrogen (secondary N) is 1. The van der Waals surface area contributed by atoms with Gasteiger partial charge in [-0.15, -0.1) is 0 Å². The molecule has 1 atom stereocenters. The third-order valence-electron chi connectivity index (χ3n) is 3.23. The van der Waals surface area contributed by atoms with Crippen molar-refractivity contribution in [2.24, 2.45) is 5.92 Å². The van der Waals surface area contributed by atoms with Crippen molar-refractivity contribution in [1.29, 1.82) is 0 Å². The third-order valence-corrected chi connectivity index (χ3v) is 5.44. The van der Waals surface area contributed by atoms with Gasteiger partial charge in [0.05, 0.1) is 5.75 Å². The highest BCUT2D eigenvalue weighted by molar-refractivity contribution is 7.89. The molecule has 0 aliphatic carbocycles. The lowest BCUT2D eigenvalue weighted by atomic mass is 9.99. The van der Waals surface area contributed by atoms with Crippen LogP contribution in [0.4, 0.5) is 0 Å². The van der Waals surface area contributed by atoms with Crippen molar-refractivity contribution in [1.82, 2.24) is 9.62 Å². The van der Waals surface area contributed by atoms with Crippen LogP contribution in [0.5, 0.6) is 0 Å². The average Bonchev–Trinajstić information content (AvgIpc) is 2.26. The van der Waals surface area contributed by atoms with Crippen LogP contribution in [0, 0.1) is 5.92 Å². The van der Waals surface area contributed by atoms with Gasteiger partial charge in [-0.05, 0) is 52.1 Å². The highest BCUT2D eigenvalue weighted by atomic mass is 32.2. The summed E-state index contributed by atoms with van der Waals surface area (Å²) in [6, 6.07) is 0.0634. The number of nitrogens with zero attached hydrogens (tertiary/aromatic N) is 1. The average molecular weight is 262 g/mol. The molecule has 0 radical (unpaired) electrons. The molecule has 5 heteroatoms. The number of hydrogen-bond acceptors (Lipinski definition) is 3. The molecule has 102 valence electrons. The molecule has 0 bridgehead atoms. The standard InChI is InChI=1S/C12H26N2O2S/c1-4-8-17(15,16)14(11(2)3)10-12-6-5-7-13-9-12/h11-13H,4-10H2,1-3H3. The van der Waals surface area contributed by atoms with E-state index in [-0.39, 0.29) is 11.8 Å². The Kier molecular flexibility index (Phi) is 5.89. The molecular formula is C12H26N2O2S. The molecule has 0 aromatic carbocycles. The van der Waals surface area contributed by atoms with Crippen LogP contribution in [0.25, 0.3) is 0 Å². The first-order chi connectivity index (χ1) is 7.97. The lowest BCUT2D eigenvalue weighted by molar-refractivity contribution is 0.264. The maximum absolute atomic E-state index is 12.2. The number of rotatable bonds is 6. The molecule has 0 saturated carbocycles. The quantitative estimate of drug-likeness (QED) is 0.788. The second kappa shape index (κ2) is 6.71. The van der Waals surface area contributed by atoms with Gasteiger partial charge in [-0.2, -0.15) is 4.31 Å². The molecule has 1 aliphatic rings. The maximum atomic E-state index is 12.2. The minimum atomic E-state index is -3.07. The molecule has 0 amide bonds. The summed E-state index contributed by atoms with van der Waals surface area (Å²) in [7, 11) is -3.07. The fraction of sp³-hybridized carbons (Fsp3) is 1.00. The Morgan fingerprint density at radius 3 is 2.59 bits per heavy atom. The summed E-state index contributed by atoms with van der Waals surface area (Å²) in [5, 5.41) is 3.34. The van der Waals surface area contributed by atoms with Gasteiger partial charge < -0.3 is 5.32 Å². The van der Waals surface area contributed by atoms with Crippen molar-refractivity contribution in [3.05, 3.63) is 0 Å². The Hall–Kier alpha value is -0.130. The second-order valence-corrected chi connectivity index (χ2v) is 7.23. The highest BCUT2D eigenvalue weighted by Crippen LogP contribution is 2.17. The van der Waals surface area contributed by atoms with E-state index in [0.29, 0.717) is 18.9 Å². The molecule has 1 rings (SSSR count). The molecule has 1 heterocycles. The van der Waals surface area contributed by atoms with Crippen LogP contribution in [0.3, 0.4) is 0 Å². The van der Waals surface area contributed by atoms with Gasteiger partial charge in [-0.1, -0.05) is 6.92 Å². The normalized spacial score (nSPS) is 22.3. The van der Waals surface area contributed by atoms with E-state index >= 15 is 0 Å². The Labute approximate surface area is 106 Å². The predicted octanol–water partition coefficient (Wildman–Crippen LogP) is 1.44. The SMILES string of the molecule is CCCS(=O)(=O)N(CC1CCCNC1)C(C)C. The van der Waals surface area contributed by atoms with Crippen molar-refractivity contribution in [2.45, 2.75) is 46.1 Å². The molecule has 0 aromatic heterocycles. The molecule has 4 nitrogen and oxygen atoms in total. The monoisotopic (exact) mass is 262 g/mol. The number of sulfonamides is 1. The highest BCUT2D eigenvalue weighted by Gasteiger charge is 2.27. The summed E-state index contributed by atoms with van der Waals surface area (Å²) in [4.78, 5) is 0. The van der Waals surface area contributed by atoms with E-state index in [0.717, 1.165) is 25.9 Å². The molecule has 1 aliphatic heterocycles. The minimum absolute atomic E-state index is 0.0634. The molecule has 1 saturated heterocycles. The van der Waals surface area contributed by atoms with Gasteiger partial charge in [0, 0.05) is 12.6 Å². The Balaban J connectivity index is 2.65. The third kappa shape index (κ3) is 4.56. The molecule has 1 unspecified atom stereocenters. The van der Waals surface area contributed by atoms with Gasteiger partial charge >= 0.3 is 0 Å². The molecule has 0 spiro atoms. The summed E-state index contributed by atoms with van der Waals surface area (Å²) in [6.07, 6.45) is 2.98. The largest absolute Gasteiger partial charge is 0.316 e. The molecular weight excluding hydrogens is 236 g/mol. The van der Waals surface area contributed by atoms with E-state index in [1.807, 2.05) is 20.8 Å². The summed E-state index contributed by atoms with van der Waals surface area (Å²) in [6.45, 7) is 8.53. The van der Waals surface area contributed by atoms with Gasteiger partial charge in [-0.3, -0.25) is 0 Å². The zero-order valence-corrected chi connectivity index (χ0v) is 12.1. The van der Waals surface area contributed by atoms with Crippen LogP contribution in [-0.4, -0.2) is 44.2 Å². The summed E-state index contributed by atoms with van der Waals surface area (Å²) in [5.41, 5.74) is 0. The van der Waals surface area contributed by atoms with Gasteiger partial charge in [0.25, 0.3) is 0 Å². The van der Waals surface area contributed by atoms with E-state index in [9.17, 15) is 8.42 Å². The Morgan fingerprint density at radius 2 is 2.12 bits per heavy atom. The minimum Gasteiger partial charge on any atom is -0.316 e. The van der Waals surface area contributed by atoms with Crippen LogP contribution in [0.15, 0.2) is 0 Å². The van der Waals surface area contributed by atoms with Crippen molar-refractivity contribution in [3.8, 4) is 0 Å². The molecule has 1 fully saturated rings. The van der Waals surface area contributed by atoms with Gasteiger partial charge in [-0.25, -0.2) is 8.42 Å². The zero-order valence-electron chi connectivity index (χ0n) is 11.3. The van der Waals surface area contributed by atoms with Crippen LogP contribution in [0.2, 0.25) is 0 Å². The van der Waals surface area contributed by atoms with Crippen LogP contribution < -0.4 is 5.32 Å². The van der Waals surface area contributed by atoms with E-state index in [1.165, 1.54) is 0 Å². The van der Waals surface area contributed by atoms with E-state index in [1.54, 1.807) is 4.31 Å². The molecule has 17 heavy (non-hydrogen) atoms. The lowest BCUT2D eigenvalue weighted by Gasteiger charge is -2.32. The lowest BCUT2D eigenvalue weighted by Crippen LogP contribution is -2.44. The van der Waals surface area contributed by atoms with Crippen molar-refractivity contribution >= 4 is 10.0 Å². The van der Waals surface area contributed by atoms with Crippen LogP contribution >= 0.6 is 0 Å².